The number of carbonyl (C=O) groups is 2. The molecule has 0 saturated carbocycles. The lowest BCUT2D eigenvalue weighted by molar-refractivity contribution is -0.129. The van der Waals surface area contributed by atoms with Crippen molar-refractivity contribution in [1.29, 1.82) is 0 Å². The molecule has 1 saturated heterocycles. The van der Waals surface area contributed by atoms with Gasteiger partial charge in [0.15, 0.2) is 0 Å². The second-order valence-corrected chi connectivity index (χ2v) is 6.00. The molecule has 0 aromatic heterocycles. The van der Waals surface area contributed by atoms with Crippen LogP contribution in [0.2, 0.25) is 0 Å². The summed E-state index contributed by atoms with van der Waals surface area (Å²) in [5.41, 5.74) is 1.47. The standard InChI is InChI=1S/C16H20N2O4/c1-9(2)22-13-5-3-4-10-11(13)8-18(16(10)21)12-6-7-14(19)17-15(12)20/h3-5,9,12,15,20H,6-8H2,1-2H3,(H,17,19). The number of hydrogen-bond acceptors (Lipinski definition) is 4. The van der Waals surface area contributed by atoms with E-state index in [2.05, 4.69) is 5.32 Å². The largest absolute Gasteiger partial charge is 0.491 e. The van der Waals surface area contributed by atoms with E-state index in [4.69, 9.17) is 4.74 Å². The van der Waals surface area contributed by atoms with Gasteiger partial charge >= 0.3 is 0 Å². The van der Waals surface area contributed by atoms with E-state index in [-0.39, 0.29) is 17.9 Å². The summed E-state index contributed by atoms with van der Waals surface area (Å²) in [5.74, 6) is 0.402. The first kappa shape index (κ1) is 14.8. The maximum Gasteiger partial charge on any atom is 0.255 e. The predicted octanol–water partition coefficient (Wildman–Crippen LogP) is 1.03. The molecular weight excluding hydrogens is 284 g/mol. The smallest absolute Gasteiger partial charge is 0.255 e. The van der Waals surface area contributed by atoms with E-state index in [0.717, 1.165) is 5.56 Å². The Balaban J connectivity index is 1.86. The summed E-state index contributed by atoms with van der Waals surface area (Å²) in [6, 6.07) is 5.04. The van der Waals surface area contributed by atoms with Crippen molar-refractivity contribution in [3.05, 3.63) is 29.3 Å². The quantitative estimate of drug-likeness (QED) is 0.874. The van der Waals surface area contributed by atoms with Gasteiger partial charge in [0.2, 0.25) is 5.91 Å². The van der Waals surface area contributed by atoms with Crippen LogP contribution in [0.4, 0.5) is 0 Å². The molecular formula is C16H20N2O4. The number of piperidine rings is 1. The van der Waals surface area contributed by atoms with Crippen LogP contribution < -0.4 is 10.1 Å². The van der Waals surface area contributed by atoms with Crippen molar-refractivity contribution in [2.24, 2.45) is 0 Å². The third-order valence-electron chi connectivity index (χ3n) is 4.06. The molecule has 2 aliphatic heterocycles. The highest BCUT2D eigenvalue weighted by Crippen LogP contribution is 2.34. The van der Waals surface area contributed by atoms with E-state index in [0.29, 0.717) is 30.7 Å². The molecule has 1 aromatic carbocycles. The summed E-state index contributed by atoms with van der Waals surface area (Å²) in [4.78, 5) is 25.5. The van der Waals surface area contributed by atoms with Gasteiger partial charge in [0.05, 0.1) is 18.7 Å². The van der Waals surface area contributed by atoms with Gasteiger partial charge < -0.3 is 20.1 Å². The number of aliphatic hydroxyl groups excluding tert-OH is 1. The van der Waals surface area contributed by atoms with Crippen molar-refractivity contribution < 1.29 is 19.4 Å². The summed E-state index contributed by atoms with van der Waals surface area (Å²) < 4.78 is 5.77. The van der Waals surface area contributed by atoms with Gasteiger partial charge in [-0.2, -0.15) is 0 Å². The van der Waals surface area contributed by atoms with Crippen LogP contribution in [-0.2, 0) is 11.3 Å². The van der Waals surface area contributed by atoms with Gasteiger partial charge in [0.1, 0.15) is 12.0 Å². The highest BCUT2D eigenvalue weighted by Gasteiger charge is 2.40. The minimum atomic E-state index is -1.02. The molecule has 6 nitrogen and oxygen atoms in total. The zero-order chi connectivity index (χ0) is 15.9. The first-order valence-corrected chi connectivity index (χ1v) is 7.54. The second-order valence-electron chi connectivity index (χ2n) is 6.00. The highest BCUT2D eigenvalue weighted by molar-refractivity contribution is 5.99. The van der Waals surface area contributed by atoms with E-state index in [9.17, 15) is 14.7 Å². The summed E-state index contributed by atoms with van der Waals surface area (Å²) in [6.07, 6.45) is -0.214. The average Bonchev–Trinajstić information content (AvgIpc) is 2.77. The van der Waals surface area contributed by atoms with Crippen molar-refractivity contribution in [2.75, 3.05) is 0 Å². The zero-order valence-electron chi connectivity index (χ0n) is 12.7. The van der Waals surface area contributed by atoms with Gasteiger partial charge in [-0.25, -0.2) is 0 Å². The van der Waals surface area contributed by atoms with Crippen LogP contribution in [0.5, 0.6) is 5.75 Å². The summed E-state index contributed by atoms with van der Waals surface area (Å²) in [6.45, 7) is 4.28. The summed E-state index contributed by atoms with van der Waals surface area (Å²) in [7, 11) is 0. The molecule has 2 amide bonds. The van der Waals surface area contributed by atoms with Crippen LogP contribution in [0.1, 0.15) is 42.6 Å². The Morgan fingerprint density at radius 1 is 1.36 bits per heavy atom. The minimum Gasteiger partial charge on any atom is -0.491 e. The van der Waals surface area contributed by atoms with E-state index in [1.165, 1.54) is 0 Å². The van der Waals surface area contributed by atoms with Gasteiger partial charge in [-0.1, -0.05) is 6.07 Å². The topological polar surface area (TPSA) is 78.9 Å². The Labute approximate surface area is 129 Å². The van der Waals surface area contributed by atoms with E-state index in [1.54, 1.807) is 17.0 Å². The fourth-order valence-corrected chi connectivity index (χ4v) is 3.05. The van der Waals surface area contributed by atoms with Crippen LogP contribution >= 0.6 is 0 Å². The van der Waals surface area contributed by atoms with Crippen LogP contribution in [-0.4, -0.2) is 40.2 Å². The lowest BCUT2D eigenvalue weighted by Gasteiger charge is -2.35. The predicted molar refractivity (Wildman–Crippen MR) is 79.3 cm³/mol. The Morgan fingerprint density at radius 3 is 2.82 bits per heavy atom. The van der Waals surface area contributed by atoms with Gasteiger partial charge in [-0.3, -0.25) is 9.59 Å². The Hall–Kier alpha value is -2.08. The SMILES string of the molecule is CC(C)Oc1cccc2c1CN(C1CCC(=O)NC1O)C2=O. The number of rotatable bonds is 3. The number of aliphatic hydroxyl groups is 1. The number of hydrogen-bond donors (Lipinski definition) is 2. The normalized spacial score (nSPS) is 24.5. The molecule has 1 aromatic rings. The van der Waals surface area contributed by atoms with Gasteiger partial charge in [-0.05, 0) is 32.4 Å². The van der Waals surface area contributed by atoms with Crippen molar-refractivity contribution >= 4 is 11.8 Å². The molecule has 2 aliphatic rings. The van der Waals surface area contributed by atoms with Gasteiger partial charge in [0, 0.05) is 17.5 Å². The lowest BCUT2D eigenvalue weighted by Crippen LogP contribution is -2.55. The molecule has 2 heterocycles. The van der Waals surface area contributed by atoms with Crippen molar-refractivity contribution in [2.45, 2.75) is 51.6 Å². The third kappa shape index (κ3) is 2.54. The lowest BCUT2D eigenvalue weighted by atomic mass is 10.0. The van der Waals surface area contributed by atoms with Crippen LogP contribution in [0.15, 0.2) is 18.2 Å². The molecule has 6 heteroatoms. The summed E-state index contributed by atoms with van der Waals surface area (Å²) >= 11 is 0. The number of fused-ring (bicyclic) bond motifs is 1. The first-order chi connectivity index (χ1) is 10.5. The number of carbonyl (C=O) groups excluding carboxylic acids is 2. The fraction of sp³-hybridized carbons (Fsp3) is 0.500. The first-order valence-electron chi connectivity index (χ1n) is 7.54. The fourth-order valence-electron chi connectivity index (χ4n) is 3.05. The number of amides is 2. The second kappa shape index (κ2) is 5.61. The number of nitrogens with zero attached hydrogens (tertiary/aromatic N) is 1. The molecule has 22 heavy (non-hydrogen) atoms. The van der Waals surface area contributed by atoms with Crippen molar-refractivity contribution in [1.82, 2.24) is 10.2 Å². The van der Waals surface area contributed by atoms with Crippen LogP contribution in [0, 0.1) is 0 Å². The maximum atomic E-state index is 12.6. The van der Waals surface area contributed by atoms with E-state index >= 15 is 0 Å². The zero-order valence-corrected chi connectivity index (χ0v) is 12.7. The monoisotopic (exact) mass is 304 g/mol. The molecule has 2 atom stereocenters. The molecule has 1 fully saturated rings. The van der Waals surface area contributed by atoms with Crippen LogP contribution in [0.25, 0.3) is 0 Å². The molecule has 0 spiro atoms. The molecule has 0 bridgehead atoms. The minimum absolute atomic E-state index is 0.0233. The summed E-state index contributed by atoms with van der Waals surface area (Å²) in [5, 5.41) is 12.5. The molecule has 3 rings (SSSR count). The Morgan fingerprint density at radius 2 is 2.14 bits per heavy atom. The maximum absolute atomic E-state index is 12.6. The van der Waals surface area contributed by atoms with Gasteiger partial charge in [0.25, 0.3) is 5.91 Å². The molecule has 0 aliphatic carbocycles. The van der Waals surface area contributed by atoms with E-state index in [1.807, 2.05) is 19.9 Å². The molecule has 118 valence electrons. The van der Waals surface area contributed by atoms with Gasteiger partial charge in [-0.15, -0.1) is 0 Å². The Kier molecular flexibility index (Phi) is 3.78. The van der Waals surface area contributed by atoms with E-state index < -0.39 is 12.3 Å². The molecule has 2 unspecified atom stereocenters. The molecule has 2 N–H and O–H groups in total. The highest BCUT2D eigenvalue weighted by atomic mass is 16.5. The van der Waals surface area contributed by atoms with Crippen molar-refractivity contribution in [3.8, 4) is 5.75 Å². The number of ether oxygens (including phenoxy) is 1. The number of nitrogens with one attached hydrogen (secondary N) is 1. The average molecular weight is 304 g/mol. The third-order valence-corrected chi connectivity index (χ3v) is 4.06. The van der Waals surface area contributed by atoms with Crippen molar-refractivity contribution in [3.63, 3.8) is 0 Å². The Bertz CT molecular complexity index is 614. The number of benzene rings is 1. The molecule has 0 radical (unpaired) electrons. The van der Waals surface area contributed by atoms with Crippen LogP contribution in [0.3, 0.4) is 0 Å².